The van der Waals surface area contributed by atoms with Crippen LogP contribution in [0.25, 0.3) is 10.9 Å². The molecule has 0 aliphatic carbocycles. The van der Waals surface area contributed by atoms with Crippen molar-refractivity contribution in [2.75, 3.05) is 25.0 Å². The number of carbonyl (C=O) groups excluding carboxylic acids is 1. The fourth-order valence-corrected chi connectivity index (χ4v) is 2.94. The van der Waals surface area contributed by atoms with Crippen LogP contribution in [-0.4, -0.2) is 41.1 Å². The predicted octanol–water partition coefficient (Wildman–Crippen LogP) is 3.47. The lowest BCUT2D eigenvalue weighted by Gasteiger charge is -2.18. The Hall–Kier alpha value is -1.56. The zero-order valence-electron chi connectivity index (χ0n) is 15.5. The second kappa shape index (κ2) is 10.4. The largest absolute Gasteiger partial charge is 0.346 e. The summed E-state index contributed by atoms with van der Waals surface area (Å²) in [7, 11) is 0. The van der Waals surface area contributed by atoms with Gasteiger partial charge in [-0.15, -0.1) is 12.4 Å². The molecule has 0 spiro atoms. The van der Waals surface area contributed by atoms with Crippen LogP contribution in [0.15, 0.2) is 30.5 Å². The van der Waals surface area contributed by atoms with Gasteiger partial charge in [0.15, 0.2) is 0 Å². The maximum atomic E-state index is 12.0. The highest BCUT2D eigenvalue weighted by molar-refractivity contribution is 5.96. The van der Waals surface area contributed by atoms with E-state index in [1.165, 1.54) is 5.52 Å². The van der Waals surface area contributed by atoms with Crippen LogP contribution >= 0.6 is 12.4 Å². The van der Waals surface area contributed by atoms with Crippen LogP contribution in [0.4, 0.5) is 5.69 Å². The summed E-state index contributed by atoms with van der Waals surface area (Å²) < 4.78 is 2.27. The fourth-order valence-electron chi connectivity index (χ4n) is 2.94. The van der Waals surface area contributed by atoms with E-state index in [-0.39, 0.29) is 18.3 Å². The van der Waals surface area contributed by atoms with Gasteiger partial charge in [0, 0.05) is 35.9 Å². The lowest BCUT2D eigenvalue weighted by Crippen LogP contribution is -2.35. The molecule has 3 N–H and O–H groups in total. The highest BCUT2D eigenvalue weighted by Crippen LogP contribution is 2.21. The lowest BCUT2D eigenvalue weighted by molar-refractivity contribution is -0.117. The van der Waals surface area contributed by atoms with Crippen LogP contribution in [0.1, 0.15) is 33.6 Å². The Morgan fingerprint density at radius 3 is 2.60 bits per heavy atom. The quantitative estimate of drug-likeness (QED) is 0.714. The van der Waals surface area contributed by atoms with E-state index in [1.54, 1.807) is 0 Å². The molecule has 2 aromatic rings. The smallest absolute Gasteiger partial charge is 0.241 e. The maximum absolute atomic E-state index is 12.0. The van der Waals surface area contributed by atoms with Crippen molar-refractivity contribution in [2.45, 2.75) is 46.2 Å². The van der Waals surface area contributed by atoms with Gasteiger partial charge in [0.25, 0.3) is 0 Å². The van der Waals surface area contributed by atoms with Crippen LogP contribution < -0.4 is 11.1 Å². The Bertz CT molecular complexity index is 666. The Morgan fingerprint density at radius 2 is 1.96 bits per heavy atom. The van der Waals surface area contributed by atoms with Gasteiger partial charge in [-0.1, -0.05) is 27.2 Å². The topological polar surface area (TPSA) is 63.3 Å². The fraction of sp³-hybridized carbons (Fsp3) is 0.526. The number of nitrogens with two attached hydrogens (primary N) is 1. The first kappa shape index (κ1) is 21.5. The summed E-state index contributed by atoms with van der Waals surface area (Å²) in [6, 6.07) is 7.69. The van der Waals surface area contributed by atoms with Gasteiger partial charge < -0.3 is 20.5 Å². The number of benzene rings is 1. The molecule has 1 amide bonds. The second-order valence-corrected chi connectivity index (χ2v) is 6.19. The molecule has 0 radical (unpaired) electrons. The van der Waals surface area contributed by atoms with E-state index in [0.717, 1.165) is 43.7 Å². The van der Waals surface area contributed by atoms with Gasteiger partial charge in [0.2, 0.25) is 5.91 Å². The molecule has 6 heteroatoms. The van der Waals surface area contributed by atoms with Crippen LogP contribution in [0.5, 0.6) is 0 Å². The minimum atomic E-state index is -0.440. The SMILES string of the molecule is CCCC(N)C(=O)Nc1ccc2c(ccn2CCN(CC)CC)c1.Cl. The highest BCUT2D eigenvalue weighted by atomic mass is 35.5. The Balaban J connectivity index is 0.00000312. The van der Waals surface area contributed by atoms with E-state index in [4.69, 9.17) is 5.73 Å². The van der Waals surface area contributed by atoms with Crippen molar-refractivity contribution in [3.63, 3.8) is 0 Å². The molecule has 0 aliphatic heterocycles. The molecule has 5 nitrogen and oxygen atoms in total. The van der Waals surface area contributed by atoms with Gasteiger partial charge in [-0.2, -0.15) is 0 Å². The monoisotopic (exact) mass is 366 g/mol. The summed E-state index contributed by atoms with van der Waals surface area (Å²) in [5, 5.41) is 4.05. The number of rotatable bonds is 9. The summed E-state index contributed by atoms with van der Waals surface area (Å²) in [4.78, 5) is 14.5. The molecule has 1 unspecified atom stereocenters. The molecule has 25 heavy (non-hydrogen) atoms. The van der Waals surface area contributed by atoms with Gasteiger partial charge >= 0.3 is 0 Å². The third-order valence-corrected chi connectivity index (χ3v) is 4.53. The number of hydrogen-bond donors (Lipinski definition) is 2. The maximum Gasteiger partial charge on any atom is 0.241 e. The number of amides is 1. The minimum Gasteiger partial charge on any atom is -0.346 e. The van der Waals surface area contributed by atoms with E-state index >= 15 is 0 Å². The Kier molecular flexibility index (Phi) is 8.97. The van der Waals surface area contributed by atoms with Crippen molar-refractivity contribution in [3.05, 3.63) is 30.5 Å². The number of likely N-dealkylation sites (N-methyl/N-ethyl adjacent to an activating group) is 1. The highest BCUT2D eigenvalue weighted by Gasteiger charge is 2.13. The summed E-state index contributed by atoms with van der Waals surface area (Å²) in [5.74, 6) is -0.114. The number of nitrogens with zero attached hydrogens (tertiary/aromatic N) is 2. The van der Waals surface area contributed by atoms with Crippen molar-refractivity contribution in [1.29, 1.82) is 0 Å². The van der Waals surface area contributed by atoms with Gasteiger partial charge in [0.05, 0.1) is 6.04 Å². The van der Waals surface area contributed by atoms with Crippen LogP contribution in [-0.2, 0) is 11.3 Å². The molecular weight excluding hydrogens is 336 g/mol. The second-order valence-electron chi connectivity index (χ2n) is 6.19. The summed E-state index contributed by atoms with van der Waals surface area (Å²) in [6.45, 7) is 10.6. The molecular formula is C19H31ClN4O. The number of anilines is 1. The first-order valence-corrected chi connectivity index (χ1v) is 8.96. The Morgan fingerprint density at radius 1 is 1.24 bits per heavy atom. The van der Waals surface area contributed by atoms with E-state index in [0.29, 0.717) is 6.42 Å². The average molecular weight is 367 g/mol. The number of carbonyl (C=O) groups is 1. The lowest BCUT2D eigenvalue weighted by atomic mass is 10.1. The number of fused-ring (bicyclic) bond motifs is 1. The predicted molar refractivity (Wildman–Crippen MR) is 108 cm³/mol. The minimum absolute atomic E-state index is 0. The van der Waals surface area contributed by atoms with E-state index in [2.05, 4.69) is 47.0 Å². The molecule has 1 atom stereocenters. The third kappa shape index (κ3) is 5.73. The molecule has 0 saturated carbocycles. The van der Waals surface area contributed by atoms with E-state index in [9.17, 15) is 4.79 Å². The number of aromatic nitrogens is 1. The van der Waals surface area contributed by atoms with Gasteiger partial charge in [-0.25, -0.2) is 0 Å². The molecule has 140 valence electrons. The zero-order chi connectivity index (χ0) is 17.5. The van der Waals surface area contributed by atoms with E-state index < -0.39 is 6.04 Å². The van der Waals surface area contributed by atoms with Gasteiger partial charge in [-0.3, -0.25) is 4.79 Å². The van der Waals surface area contributed by atoms with Gasteiger partial charge in [0.1, 0.15) is 0 Å². The number of nitrogens with one attached hydrogen (secondary N) is 1. The molecule has 0 bridgehead atoms. The first-order chi connectivity index (χ1) is 11.6. The van der Waals surface area contributed by atoms with Crippen LogP contribution in [0, 0.1) is 0 Å². The molecule has 0 aliphatic rings. The summed E-state index contributed by atoms with van der Waals surface area (Å²) in [5.41, 5.74) is 7.86. The summed E-state index contributed by atoms with van der Waals surface area (Å²) in [6.07, 6.45) is 3.72. The van der Waals surface area contributed by atoms with Crippen molar-refractivity contribution in [3.8, 4) is 0 Å². The van der Waals surface area contributed by atoms with Gasteiger partial charge in [-0.05, 0) is 43.8 Å². The Labute approximate surface area is 157 Å². The summed E-state index contributed by atoms with van der Waals surface area (Å²) >= 11 is 0. The molecule has 1 heterocycles. The van der Waals surface area contributed by atoms with Crippen molar-refractivity contribution in [2.24, 2.45) is 5.73 Å². The average Bonchev–Trinajstić information content (AvgIpc) is 2.98. The molecule has 0 saturated heterocycles. The standard InChI is InChI=1S/C19H30N4O.ClH/c1-4-7-17(20)19(24)21-16-8-9-18-15(14-16)10-11-23(18)13-12-22(5-2)6-3;/h8-11,14,17H,4-7,12-13,20H2,1-3H3,(H,21,24);1H. The van der Waals surface area contributed by atoms with Crippen molar-refractivity contribution >= 4 is 34.9 Å². The van der Waals surface area contributed by atoms with Crippen LogP contribution in [0.2, 0.25) is 0 Å². The van der Waals surface area contributed by atoms with Crippen molar-refractivity contribution in [1.82, 2.24) is 9.47 Å². The number of hydrogen-bond acceptors (Lipinski definition) is 3. The first-order valence-electron chi connectivity index (χ1n) is 8.96. The normalized spacial score (nSPS) is 12.2. The van der Waals surface area contributed by atoms with Crippen molar-refractivity contribution < 1.29 is 4.79 Å². The van der Waals surface area contributed by atoms with Crippen LogP contribution in [0.3, 0.4) is 0 Å². The van der Waals surface area contributed by atoms with E-state index in [1.807, 2.05) is 19.1 Å². The molecule has 2 rings (SSSR count). The molecule has 1 aromatic heterocycles. The molecule has 0 fully saturated rings. The third-order valence-electron chi connectivity index (χ3n) is 4.53. The molecule has 1 aromatic carbocycles. The number of halogens is 1. The zero-order valence-corrected chi connectivity index (χ0v) is 16.3.